The molecular formula is C14H20BrNO2. The summed E-state index contributed by atoms with van der Waals surface area (Å²) in [6.07, 6.45) is 0.143. The van der Waals surface area contributed by atoms with E-state index in [-0.39, 0.29) is 11.7 Å². The molecule has 0 aromatic heterocycles. The maximum atomic E-state index is 5.94. The van der Waals surface area contributed by atoms with Gasteiger partial charge in [-0.2, -0.15) is 0 Å². The van der Waals surface area contributed by atoms with E-state index in [9.17, 15) is 0 Å². The third-order valence-electron chi connectivity index (χ3n) is 2.89. The van der Waals surface area contributed by atoms with Crippen molar-refractivity contribution in [1.29, 1.82) is 0 Å². The lowest BCUT2D eigenvalue weighted by Gasteiger charge is -2.36. The lowest BCUT2D eigenvalue weighted by atomic mass is 10.1. The van der Waals surface area contributed by atoms with E-state index >= 15 is 0 Å². The molecule has 1 unspecified atom stereocenters. The van der Waals surface area contributed by atoms with Crippen molar-refractivity contribution in [3.8, 4) is 0 Å². The highest BCUT2D eigenvalue weighted by molar-refractivity contribution is 9.10. The monoisotopic (exact) mass is 313 g/mol. The number of morpholine rings is 1. The quantitative estimate of drug-likeness (QED) is 0.927. The lowest BCUT2D eigenvalue weighted by Crippen LogP contribution is -2.51. The Labute approximate surface area is 117 Å². The Bertz CT molecular complexity index is 378. The number of halogens is 1. The number of hydrogen-bond donors (Lipinski definition) is 1. The van der Waals surface area contributed by atoms with Crippen LogP contribution < -0.4 is 5.32 Å². The average Bonchev–Trinajstić information content (AvgIpc) is 2.30. The second-order valence-electron chi connectivity index (χ2n) is 5.27. The third-order valence-corrected chi connectivity index (χ3v) is 3.42. The highest BCUT2D eigenvalue weighted by Crippen LogP contribution is 2.16. The highest BCUT2D eigenvalue weighted by atomic mass is 79.9. The number of ether oxygens (including phenoxy) is 2. The van der Waals surface area contributed by atoms with E-state index in [1.807, 2.05) is 12.1 Å². The molecule has 1 aliphatic rings. The van der Waals surface area contributed by atoms with Crippen LogP contribution in [0, 0.1) is 0 Å². The Kier molecular flexibility index (Phi) is 4.78. The summed E-state index contributed by atoms with van der Waals surface area (Å²) in [5.74, 6) is 0. The maximum absolute atomic E-state index is 5.94. The number of nitrogens with one attached hydrogen (secondary N) is 1. The first-order valence-electron chi connectivity index (χ1n) is 6.26. The molecule has 0 aliphatic carbocycles. The van der Waals surface area contributed by atoms with Crippen molar-refractivity contribution in [2.45, 2.75) is 32.2 Å². The molecular weight excluding hydrogens is 294 g/mol. The van der Waals surface area contributed by atoms with Crippen LogP contribution >= 0.6 is 15.9 Å². The lowest BCUT2D eigenvalue weighted by molar-refractivity contribution is -0.122. The molecule has 0 amide bonds. The van der Waals surface area contributed by atoms with Gasteiger partial charge in [0.15, 0.2) is 0 Å². The van der Waals surface area contributed by atoms with Gasteiger partial charge in [0, 0.05) is 17.6 Å². The molecule has 1 fully saturated rings. The van der Waals surface area contributed by atoms with Crippen LogP contribution in [0.15, 0.2) is 28.7 Å². The van der Waals surface area contributed by atoms with E-state index in [4.69, 9.17) is 9.47 Å². The van der Waals surface area contributed by atoms with E-state index in [0.717, 1.165) is 17.6 Å². The SMILES string of the molecule is CC1(C)CNCC(COCc2ccc(Br)cc2)O1. The van der Waals surface area contributed by atoms with Crippen LogP contribution in [-0.4, -0.2) is 31.4 Å². The zero-order valence-electron chi connectivity index (χ0n) is 10.9. The van der Waals surface area contributed by atoms with Crippen LogP contribution in [-0.2, 0) is 16.1 Å². The third kappa shape index (κ3) is 4.35. The number of rotatable bonds is 4. The van der Waals surface area contributed by atoms with Gasteiger partial charge < -0.3 is 14.8 Å². The maximum Gasteiger partial charge on any atom is 0.0940 e. The smallest absolute Gasteiger partial charge is 0.0940 e. The summed E-state index contributed by atoms with van der Waals surface area (Å²) in [6.45, 7) is 7.22. The van der Waals surface area contributed by atoms with Crippen molar-refractivity contribution < 1.29 is 9.47 Å². The van der Waals surface area contributed by atoms with Crippen LogP contribution in [0.5, 0.6) is 0 Å². The Morgan fingerprint density at radius 3 is 2.78 bits per heavy atom. The summed E-state index contributed by atoms with van der Waals surface area (Å²) < 4.78 is 12.7. The molecule has 0 saturated carbocycles. The van der Waals surface area contributed by atoms with Crippen molar-refractivity contribution in [2.24, 2.45) is 0 Å². The molecule has 4 heteroatoms. The minimum atomic E-state index is -0.0934. The van der Waals surface area contributed by atoms with E-state index < -0.39 is 0 Å². The number of benzene rings is 1. The molecule has 3 nitrogen and oxygen atoms in total. The van der Waals surface area contributed by atoms with Gasteiger partial charge >= 0.3 is 0 Å². The van der Waals surface area contributed by atoms with Crippen molar-refractivity contribution in [3.63, 3.8) is 0 Å². The summed E-state index contributed by atoms with van der Waals surface area (Å²) in [6, 6.07) is 8.18. The standard InChI is InChI=1S/C14H20BrNO2/c1-14(2)10-16-7-13(18-14)9-17-8-11-3-5-12(15)6-4-11/h3-6,13,16H,7-10H2,1-2H3. The van der Waals surface area contributed by atoms with E-state index in [1.165, 1.54) is 5.56 Å². The summed E-state index contributed by atoms with van der Waals surface area (Å²) in [7, 11) is 0. The normalized spacial score (nSPS) is 22.9. The van der Waals surface area contributed by atoms with Gasteiger partial charge in [0.25, 0.3) is 0 Å². The van der Waals surface area contributed by atoms with E-state index in [2.05, 4.69) is 47.2 Å². The van der Waals surface area contributed by atoms with Gasteiger partial charge in [-0.15, -0.1) is 0 Å². The molecule has 1 N–H and O–H groups in total. The average molecular weight is 314 g/mol. The molecule has 1 heterocycles. The van der Waals surface area contributed by atoms with Crippen molar-refractivity contribution in [1.82, 2.24) is 5.32 Å². The Balaban J connectivity index is 1.73. The second kappa shape index (κ2) is 6.15. The summed E-state index contributed by atoms with van der Waals surface area (Å²) in [4.78, 5) is 0. The Hall–Kier alpha value is -0.420. The molecule has 1 saturated heterocycles. The van der Waals surface area contributed by atoms with Crippen molar-refractivity contribution in [2.75, 3.05) is 19.7 Å². The Morgan fingerprint density at radius 2 is 2.11 bits per heavy atom. The van der Waals surface area contributed by atoms with Gasteiger partial charge in [-0.1, -0.05) is 28.1 Å². The molecule has 1 atom stereocenters. The van der Waals surface area contributed by atoms with Crippen molar-refractivity contribution >= 4 is 15.9 Å². The minimum absolute atomic E-state index is 0.0934. The molecule has 1 aromatic carbocycles. The van der Waals surface area contributed by atoms with Crippen LogP contribution in [0.4, 0.5) is 0 Å². The molecule has 100 valence electrons. The first-order chi connectivity index (χ1) is 8.55. The molecule has 1 aromatic rings. The summed E-state index contributed by atoms with van der Waals surface area (Å²) >= 11 is 3.42. The van der Waals surface area contributed by atoms with Crippen LogP contribution in [0.2, 0.25) is 0 Å². The van der Waals surface area contributed by atoms with Crippen molar-refractivity contribution in [3.05, 3.63) is 34.3 Å². The second-order valence-corrected chi connectivity index (χ2v) is 6.19. The van der Waals surface area contributed by atoms with Gasteiger partial charge in [0.05, 0.1) is 24.9 Å². The topological polar surface area (TPSA) is 30.5 Å². The molecule has 18 heavy (non-hydrogen) atoms. The summed E-state index contributed by atoms with van der Waals surface area (Å²) in [5.41, 5.74) is 1.09. The zero-order valence-corrected chi connectivity index (χ0v) is 12.5. The van der Waals surface area contributed by atoms with Gasteiger partial charge in [0.2, 0.25) is 0 Å². The molecule has 1 aliphatic heterocycles. The fourth-order valence-corrected chi connectivity index (χ4v) is 2.31. The molecule has 0 radical (unpaired) electrons. The van der Waals surface area contributed by atoms with Gasteiger partial charge in [-0.05, 0) is 31.5 Å². The summed E-state index contributed by atoms with van der Waals surface area (Å²) in [5, 5.41) is 3.37. The minimum Gasteiger partial charge on any atom is -0.374 e. The van der Waals surface area contributed by atoms with E-state index in [0.29, 0.717) is 13.2 Å². The molecule has 0 bridgehead atoms. The first kappa shape index (κ1) is 14.0. The largest absolute Gasteiger partial charge is 0.374 e. The predicted molar refractivity (Wildman–Crippen MR) is 75.6 cm³/mol. The molecule has 0 spiro atoms. The highest BCUT2D eigenvalue weighted by Gasteiger charge is 2.28. The van der Waals surface area contributed by atoms with Gasteiger partial charge in [-0.3, -0.25) is 0 Å². The molecule has 2 rings (SSSR count). The fraction of sp³-hybridized carbons (Fsp3) is 0.571. The van der Waals surface area contributed by atoms with Gasteiger partial charge in [0.1, 0.15) is 0 Å². The van der Waals surface area contributed by atoms with E-state index in [1.54, 1.807) is 0 Å². The van der Waals surface area contributed by atoms with Gasteiger partial charge in [-0.25, -0.2) is 0 Å². The van der Waals surface area contributed by atoms with Crippen LogP contribution in [0.3, 0.4) is 0 Å². The Morgan fingerprint density at radius 1 is 1.39 bits per heavy atom. The van der Waals surface area contributed by atoms with Crippen LogP contribution in [0.1, 0.15) is 19.4 Å². The number of hydrogen-bond acceptors (Lipinski definition) is 3. The first-order valence-corrected chi connectivity index (χ1v) is 7.05. The van der Waals surface area contributed by atoms with Crippen LogP contribution in [0.25, 0.3) is 0 Å². The zero-order chi connectivity index (χ0) is 13.0. The predicted octanol–water partition coefficient (Wildman–Crippen LogP) is 2.73. The fourth-order valence-electron chi connectivity index (χ4n) is 2.05.